The predicted octanol–water partition coefficient (Wildman–Crippen LogP) is 0.643. The monoisotopic (exact) mass is 266 g/mol. The number of rotatable bonds is 4. The van der Waals surface area contributed by atoms with Crippen LogP contribution >= 0.6 is 0 Å². The van der Waals surface area contributed by atoms with Gasteiger partial charge in [0.1, 0.15) is 12.8 Å². The Kier molecular flexibility index (Phi) is 4.21. The molecule has 104 valence electrons. The molecule has 0 bridgehead atoms. The van der Waals surface area contributed by atoms with Crippen molar-refractivity contribution in [3.05, 3.63) is 24.0 Å². The van der Waals surface area contributed by atoms with E-state index in [2.05, 4.69) is 0 Å². The quantitative estimate of drug-likeness (QED) is 0.755. The van der Waals surface area contributed by atoms with E-state index in [-0.39, 0.29) is 24.9 Å². The summed E-state index contributed by atoms with van der Waals surface area (Å²) in [5, 5.41) is 0. The van der Waals surface area contributed by atoms with Crippen molar-refractivity contribution in [2.45, 2.75) is 38.5 Å². The van der Waals surface area contributed by atoms with Crippen molar-refractivity contribution in [2.75, 3.05) is 6.61 Å². The number of amides is 1. The second-order valence-electron chi connectivity index (χ2n) is 4.65. The first-order valence-corrected chi connectivity index (χ1v) is 6.29. The number of hydrogen-bond donors (Lipinski definition) is 1. The molecule has 1 fully saturated rings. The normalized spacial score (nSPS) is 26.2. The Labute approximate surface area is 111 Å². The summed E-state index contributed by atoms with van der Waals surface area (Å²) < 4.78 is 10.7. The highest BCUT2D eigenvalue weighted by Crippen LogP contribution is 2.26. The molecule has 0 aromatic carbocycles. The van der Waals surface area contributed by atoms with Crippen molar-refractivity contribution in [1.29, 1.82) is 0 Å². The first-order valence-electron chi connectivity index (χ1n) is 6.29. The molecule has 1 amide bonds. The van der Waals surface area contributed by atoms with Crippen molar-refractivity contribution in [3.8, 4) is 0 Å². The van der Waals surface area contributed by atoms with E-state index in [0.717, 1.165) is 12.8 Å². The molecule has 0 aliphatic carbocycles. The average Bonchev–Trinajstić information content (AvgIpc) is 2.85. The van der Waals surface area contributed by atoms with Gasteiger partial charge in [-0.3, -0.25) is 9.59 Å². The van der Waals surface area contributed by atoms with Gasteiger partial charge in [-0.15, -0.1) is 0 Å². The molecule has 2 N–H and O–H groups in total. The molecule has 6 heteroatoms. The zero-order chi connectivity index (χ0) is 13.8. The number of allylic oxidation sites excluding steroid dienone is 1. The Balaban J connectivity index is 1.90. The fourth-order valence-electron chi connectivity index (χ4n) is 2.16. The minimum atomic E-state index is -0.413. The van der Waals surface area contributed by atoms with Crippen LogP contribution in [0.5, 0.6) is 0 Å². The maximum Gasteiger partial charge on any atom is 0.302 e. The van der Waals surface area contributed by atoms with Crippen molar-refractivity contribution < 1.29 is 19.1 Å². The zero-order valence-corrected chi connectivity index (χ0v) is 10.9. The lowest BCUT2D eigenvalue weighted by Gasteiger charge is -2.26. The van der Waals surface area contributed by atoms with E-state index < -0.39 is 5.91 Å². The summed E-state index contributed by atoms with van der Waals surface area (Å²) in [6.45, 7) is 1.65. The smallest absolute Gasteiger partial charge is 0.302 e. The van der Waals surface area contributed by atoms with Crippen LogP contribution < -0.4 is 5.73 Å². The van der Waals surface area contributed by atoms with Crippen LogP contribution in [0.25, 0.3) is 0 Å². The number of ether oxygens (including phenoxy) is 2. The largest absolute Gasteiger partial charge is 0.463 e. The number of hydrogen-bond acceptors (Lipinski definition) is 5. The van der Waals surface area contributed by atoms with E-state index in [1.54, 1.807) is 6.20 Å². The van der Waals surface area contributed by atoms with E-state index in [1.165, 1.54) is 6.92 Å². The van der Waals surface area contributed by atoms with Crippen LogP contribution in [0.2, 0.25) is 0 Å². The second kappa shape index (κ2) is 5.88. The van der Waals surface area contributed by atoms with Crippen LogP contribution in [0.3, 0.4) is 0 Å². The van der Waals surface area contributed by atoms with Crippen molar-refractivity contribution in [2.24, 2.45) is 5.73 Å². The van der Waals surface area contributed by atoms with Crippen LogP contribution in [0, 0.1) is 0 Å². The van der Waals surface area contributed by atoms with Crippen LogP contribution in [-0.4, -0.2) is 35.7 Å². The predicted molar refractivity (Wildman–Crippen MR) is 67.4 cm³/mol. The average molecular weight is 266 g/mol. The third-order valence-corrected chi connectivity index (χ3v) is 3.13. The number of carbonyl (C=O) groups is 2. The number of esters is 1. The summed E-state index contributed by atoms with van der Waals surface area (Å²) in [6, 6.07) is 0. The molecule has 2 atom stereocenters. The molecule has 0 aromatic rings. The van der Waals surface area contributed by atoms with Crippen LogP contribution in [0.1, 0.15) is 26.2 Å². The maximum atomic E-state index is 11.2. The minimum absolute atomic E-state index is 0.0883. The Morgan fingerprint density at radius 3 is 3.00 bits per heavy atom. The van der Waals surface area contributed by atoms with Crippen molar-refractivity contribution in [1.82, 2.24) is 4.90 Å². The van der Waals surface area contributed by atoms with Crippen LogP contribution in [0.4, 0.5) is 0 Å². The van der Waals surface area contributed by atoms with Crippen molar-refractivity contribution >= 4 is 11.9 Å². The summed E-state index contributed by atoms with van der Waals surface area (Å²) >= 11 is 0. The van der Waals surface area contributed by atoms with Gasteiger partial charge in [-0.25, -0.2) is 0 Å². The fourth-order valence-corrected chi connectivity index (χ4v) is 2.16. The molecule has 0 aromatic heterocycles. The maximum absolute atomic E-state index is 11.2. The van der Waals surface area contributed by atoms with Gasteiger partial charge in [-0.05, 0) is 19.3 Å². The van der Waals surface area contributed by atoms with E-state index in [4.69, 9.17) is 15.2 Å². The van der Waals surface area contributed by atoms with E-state index in [0.29, 0.717) is 12.0 Å². The Hall–Kier alpha value is -1.82. The van der Waals surface area contributed by atoms with E-state index in [9.17, 15) is 9.59 Å². The van der Waals surface area contributed by atoms with Gasteiger partial charge in [-0.2, -0.15) is 0 Å². The summed E-state index contributed by atoms with van der Waals surface area (Å²) in [4.78, 5) is 23.7. The lowest BCUT2D eigenvalue weighted by Crippen LogP contribution is -2.30. The van der Waals surface area contributed by atoms with Gasteiger partial charge in [0.2, 0.25) is 5.91 Å². The van der Waals surface area contributed by atoms with Gasteiger partial charge in [0, 0.05) is 24.9 Å². The Bertz CT molecular complexity index is 430. The fraction of sp³-hybridized carbons (Fsp3) is 0.538. The molecule has 0 spiro atoms. The first kappa shape index (κ1) is 13.6. The van der Waals surface area contributed by atoms with Gasteiger partial charge >= 0.3 is 5.97 Å². The summed E-state index contributed by atoms with van der Waals surface area (Å²) in [6.07, 6.45) is 7.45. The highest BCUT2D eigenvalue weighted by atomic mass is 16.6. The number of carbonyl (C=O) groups excluding carboxylic acids is 2. The molecule has 6 nitrogen and oxygen atoms in total. The van der Waals surface area contributed by atoms with E-state index >= 15 is 0 Å². The van der Waals surface area contributed by atoms with Crippen LogP contribution in [-0.2, 0) is 19.1 Å². The molecule has 2 heterocycles. The number of nitrogens with two attached hydrogens (primary N) is 1. The number of primary amides is 1. The molecule has 2 aliphatic rings. The molecule has 2 aliphatic heterocycles. The highest BCUT2D eigenvalue weighted by molar-refractivity contribution is 5.92. The van der Waals surface area contributed by atoms with Gasteiger partial charge in [0.25, 0.3) is 0 Å². The topological polar surface area (TPSA) is 81.9 Å². The molecular formula is C13H18N2O4. The summed E-state index contributed by atoms with van der Waals surface area (Å²) in [7, 11) is 0. The SMILES string of the molecule is CC(=O)OC[C@@H]1CC[C@H](N2C=CCC(C(N)=O)=C2)O1. The van der Waals surface area contributed by atoms with Gasteiger partial charge < -0.3 is 20.1 Å². The number of nitrogens with zero attached hydrogens (tertiary/aromatic N) is 1. The first-order chi connectivity index (χ1) is 9.06. The lowest BCUT2D eigenvalue weighted by atomic mass is 10.1. The summed E-state index contributed by atoms with van der Waals surface area (Å²) in [5.74, 6) is -0.718. The molecule has 0 radical (unpaired) electrons. The van der Waals surface area contributed by atoms with E-state index in [1.807, 2.05) is 17.2 Å². The molecule has 2 rings (SSSR count). The Morgan fingerprint density at radius 2 is 2.32 bits per heavy atom. The van der Waals surface area contributed by atoms with Crippen molar-refractivity contribution in [3.63, 3.8) is 0 Å². The van der Waals surface area contributed by atoms with Gasteiger partial charge in [0.05, 0.1) is 6.10 Å². The van der Waals surface area contributed by atoms with Gasteiger partial charge in [0.15, 0.2) is 0 Å². The zero-order valence-electron chi connectivity index (χ0n) is 10.9. The second-order valence-corrected chi connectivity index (χ2v) is 4.65. The minimum Gasteiger partial charge on any atom is -0.463 e. The molecule has 0 saturated carbocycles. The highest BCUT2D eigenvalue weighted by Gasteiger charge is 2.29. The third kappa shape index (κ3) is 3.57. The third-order valence-electron chi connectivity index (χ3n) is 3.13. The standard InChI is InChI=1S/C13H18N2O4/c1-9(16)18-8-11-4-5-12(19-11)15-6-2-3-10(7-15)13(14)17/h2,6-7,11-12H,3-5,8H2,1H3,(H2,14,17)/t11-,12+/m0/s1. The molecule has 1 saturated heterocycles. The molecule has 19 heavy (non-hydrogen) atoms. The Morgan fingerprint density at radius 1 is 1.53 bits per heavy atom. The van der Waals surface area contributed by atoms with Crippen LogP contribution in [0.15, 0.2) is 24.0 Å². The summed E-state index contributed by atoms with van der Waals surface area (Å²) in [5.41, 5.74) is 5.83. The van der Waals surface area contributed by atoms with Gasteiger partial charge in [-0.1, -0.05) is 6.08 Å². The lowest BCUT2D eigenvalue weighted by molar-refractivity contribution is -0.146. The molecule has 0 unspecified atom stereocenters. The molecular weight excluding hydrogens is 248 g/mol.